The number of nitrogens with zero attached hydrogens (tertiary/aromatic N) is 5. The van der Waals surface area contributed by atoms with Crippen molar-refractivity contribution in [1.29, 1.82) is 0 Å². The number of alkyl halides is 3. The monoisotopic (exact) mass is 577 g/mol. The Morgan fingerprint density at radius 2 is 1.70 bits per heavy atom. The Hall–Kier alpha value is -2.64. The van der Waals surface area contributed by atoms with E-state index in [0.717, 1.165) is 12.1 Å². The minimum absolute atomic E-state index is 0. The number of carbonyl (C=O) groups excluding carboxylic acids is 1. The van der Waals surface area contributed by atoms with Crippen molar-refractivity contribution < 1.29 is 18.0 Å². The van der Waals surface area contributed by atoms with E-state index in [1.165, 1.54) is 12.1 Å². The van der Waals surface area contributed by atoms with E-state index in [2.05, 4.69) is 30.5 Å². The number of anilines is 1. The molecule has 1 fully saturated rings. The summed E-state index contributed by atoms with van der Waals surface area (Å²) in [6, 6.07) is 6.72. The topological polar surface area (TPSA) is 85.8 Å². The molecule has 2 heterocycles. The standard InChI is InChI=1S/C21H26F3N7O.HI/c1-25-19(29-15-16-3-5-17(6-4-16)21(22,23)24)26-10-7-18(32)30-11-13-31(14-12-30)20-27-8-2-9-28-20;/h2-6,8-9H,7,10-15H2,1H3,(H2,25,26,29);1H. The summed E-state index contributed by atoms with van der Waals surface area (Å²) in [5.74, 6) is 1.19. The molecule has 0 unspecified atom stereocenters. The van der Waals surface area contributed by atoms with Crippen molar-refractivity contribution >= 4 is 41.8 Å². The van der Waals surface area contributed by atoms with E-state index in [9.17, 15) is 18.0 Å². The van der Waals surface area contributed by atoms with Gasteiger partial charge in [0.25, 0.3) is 0 Å². The second-order valence-electron chi connectivity index (χ2n) is 7.21. The van der Waals surface area contributed by atoms with Crippen molar-refractivity contribution in [3.63, 3.8) is 0 Å². The lowest BCUT2D eigenvalue weighted by Crippen LogP contribution is -2.50. The van der Waals surface area contributed by atoms with E-state index < -0.39 is 11.7 Å². The number of halogens is 4. The zero-order valence-corrected chi connectivity index (χ0v) is 20.5. The fourth-order valence-corrected chi connectivity index (χ4v) is 3.27. The van der Waals surface area contributed by atoms with E-state index in [1.54, 1.807) is 25.5 Å². The Kier molecular flexibility index (Phi) is 10.1. The Labute approximate surface area is 207 Å². The molecule has 0 atom stereocenters. The van der Waals surface area contributed by atoms with Crippen molar-refractivity contribution in [1.82, 2.24) is 25.5 Å². The maximum Gasteiger partial charge on any atom is 0.416 e. The lowest BCUT2D eigenvalue weighted by Gasteiger charge is -2.34. The summed E-state index contributed by atoms with van der Waals surface area (Å²) in [6.07, 6.45) is -0.644. The Morgan fingerprint density at radius 3 is 2.27 bits per heavy atom. The molecule has 0 bridgehead atoms. The number of nitrogens with one attached hydrogen (secondary N) is 2. The minimum atomic E-state index is -4.35. The van der Waals surface area contributed by atoms with Crippen molar-refractivity contribution in [2.45, 2.75) is 19.1 Å². The van der Waals surface area contributed by atoms with Crippen LogP contribution in [0.2, 0.25) is 0 Å². The molecule has 1 aliphatic heterocycles. The number of guanidine groups is 1. The Balaban J connectivity index is 0.00000385. The third kappa shape index (κ3) is 8.02. The first kappa shape index (κ1) is 26.6. The summed E-state index contributed by atoms with van der Waals surface area (Å²) in [4.78, 5) is 28.9. The predicted molar refractivity (Wildman–Crippen MR) is 131 cm³/mol. The van der Waals surface area contributed by atoms with Crippen LogP contribution >= 0.6 is 24.0 Å². The Bertz CT molecular complexity index is 902. The molecule has 2 N–H and O–H groups in total. The number of hydrogen-bond donors (Lipinski definition) is 2. The van der Waals surface area contributed by atoms with Crippen LogP contribution in [0, 0.1) is 0 Å². The molecule has 180 valence electrons. The molecule has 0 spiro atoms. The molecule has 1 amide bonds. The van der Waals surface area contributed by atoms with E-state index >= 15 is 0 Å². The lowest BCUT2D eigenvalue weighted by molar-refractivity contribution is -0.137. The average Bonchev–Trinajstić information content (AvgIpc) is 2.81. The quantitative estimate of drug-likeness (QED) is 0.312. The first-order valence-corrected chi connectivity index (χ1v) is 10.3. The number of benzene rings is 1. The van der Waals surface area contributed by atoms with Crippen LogP contribution in [0.3, 0.4) is 0 Å². The van der Waals surface area contributed by atoms with Gasteiger partial charge < -0.3 is 20.4 Å². The van der Waals surface area contributed by atoms with Gasteiger partial charge in [0.2, 0.25) is 11.9 Å². The van der Waals surface area contributed by atoms with Gasteiger partial charge in [-0.15, -0.1) is 24.0 Å². The van der Waals surface area contributed by atoms with E-state index in [1.807, 2.05) is 4.90 Å². The normalized spacial score (nSPS) is 14.5. The van der Waals surface area contributed by atoms with Gasteiger partial charge in [0.05, 0.1) is 5.56 Å². The molecule has 0 saturated carbocycles. The molecule has 2 aromatic rings. The third-order valence-corrected chi connectivity index (χ3v) is 5.06. The van der Waals surface area contributed by atoms with Crippen molar-refractivity contribution in [2.75, 3.05) is 44.7 Å². The van der Waals surface area contributed by atoms with Gasteiger partial charge in [0.15, 0.2) is 5.96 Å². The number of piperazine rings is 1. The molecule has 1 aliphatic rings. The summed E-state index contributed by atoms with van der Waals surface area (Å²) in [7, 11) is 1.59. The third-order valence-electron chi connectivity index (χ3n) is 5.06. The second kappa shape index (κ2) is 12.6. The zero-order valence-electron chi connectivity index (χ0n) is 18.2. The molecule has 8 nitrogen and oxygen atoms in total. The minimum Gasteiger partial charge on any atom is -0.356 e. The van der Waals surface area contributed by atoms with Gasteiger partial charge in [0.1, 0.15) is 0 Å². The van der Waals surface area contributed by atoms with Gasteiger partial charge in [-0.2, -0.15) is 13.2 Å². The number of rotatable bonds is 6. The summed E-state index contributed by atoms with van der Waals surface area (Å²) in [5.41, 5.74) is 0.0108. The molecule has 3 rings (SSSR count). The van der Waals surface area contributed by atoms with Crippen LogP contribution in [0.1, 0.15) is 17.5 Å². The first-order valence-electron chi connectivity index (χ1n) is 10.3. The summed E-state index contributed by atoms with van der Waals surface area (Å²) < 4.78 is 37.9. The molecule has 33 heavy (non-hydrogen) atoms. The van der Waals surface area contributed by atoms with E-state index in [4.69, 9.17) is 0 Å². The van der Waals surface area contributed by atoms with Crippen LogP contribution in [0.4, 0.5) is 19.1 Å². The number of amides is 1. The molecule has 0 aliphatic carbocycles. The molecular formula is C21H27F3IN7O. The molecule has 12 heteroatoms. The summed E-state index contributed by atoms with van der Waals surface area (Å²) >= 11 is 0. The highest BCUT2D eigenvalue weighted by Crippen LogP contribution is 2.29. The first-order chi connectivity index (χ1) is 15.4. The SMILES string of the molecule is CN=C(NCCC(=O)N1CCN(c2ncccn2)CC1)NCc1ccc(C(F)(F)F)cc1.I. The molecular weight excluding hydrogens is 550 g/mol. The molecule has 0 radical (unpaired) electrons. The highest BCUT2D eigenvalue weighted by Gasteiger charge is 2.29. The highest BCUT2D eigenvalue weighted by atomic mass is 127. The molecule has 1 aromatic carbocycles. The largest absolute Gasteiger partial charge is 0.416 e. The summed E-state index contributed by atoms with van der Waals surface area (Å²) in [5, 5.41) is 6.09. The molecule has 1 aromatic heterocycles. The maximum atomic E-state index is 12.6. The summed E-state index contributed by atoms with van der Waals surface area (Å²) in [6.45, 7) is 3.29. The number of hydrogen-bond acceptors (Lipinski definition) is 5. The van der Waals surface area contributed by atoms with Gasteiger partial charge in [-0.25, -0.2) is 9.97 Å². The number of aromatic nitrogens is 2. The number of aliphatic imine (C=N–C) groups is 1. The fourth-order valence-electron chi connectivity index (χ4n) is 3.27. The van der Waals surface area contributed by atoms with Gasteiger partial charge in [0, 0.05) is 65.1 Å². The Morgan fingerprint density at radius 1 is 1.06 bits per heavy atom. The van der Waals surface area contributed by atoms with Crippen molar-refractivity contribution in [3.8, 4) is 0 Å². The van der Waals surface area contributed by atoms with Gasteiger partial charge in [-0.3, -0.25) is 9.79 Å². The molecule has 1 saturated heterocycles. The van der Waals surface area contributed by atoms with Crippen LogP contribution in [0.25, 0.3) is 0 Å². The van der Waals surface area contributed by atoms with E-state index in [-0.39, 0.29) is 29.9 Å². The predicted octanol–water partition coefficient (Wildman–Crippen LogP) is 2.52. The van der Waals surface area contributed by atoms with Crippen LogP contribution in [0.15, 0.2) is 47.7 Å². The number of carbonyl (C=O) groups is 1. The van der Waals surface area contributed by atoms with Crippen LogP contribution in [-0.2, 0) is 17.5 Å². The van der Waals surface area contributed by atoms with Crippen LogP contribution < -0.4 is 15.5 Å². The fraction of sp³-hybridized carbons (Fsp3) is 0.429. The van der Waals surface area contributed by atoms with Crippen molar-refractivity contribution in [3.05, 3.63) is 53.9 Å². The zero-order chi connectivity index (χ0) is 23.0. The van der Waals surface area contributed by atoms with Crippen LogP contribution in [0.5, 0.6) is 0 Å². The van der Waals surface area contributed by atoms with Gasteiger partial charge in [-0.05, 0) is 23.8 Å². The average molecular weight is 577 g/mol. The van der Waals surface area contributed by atoms with Crippen molar-refractivity contribution in [2.24, 2.45) is 4.99 Å². The highest BCUT2D eigenvalue weighted by molar-refractivity contribution is 14.0. The second-order valence-corrected chi connectivity index (χ2v) is 7.21. The van der Waals surface area contributed by atoms with E-state index in [0.29, 0.717) is 63.2 Å². The lowest BCUT2D eigenvalue weighted by atomic mass is 10.1. The van der Waals surface area contributed by atoms with Crippen LogP contribution in [-0.4, -0.2) is 66.5 Å². The maximum absolute atomic E-state index is 12.6. The van der Waals surface area contributed by atoms with Gasteiger partial charge in [-0.1, -0.05) is 12.1 Å². The van der Waals surface area contributed by atoms with Gasteiger partial charge >= 0.3 is 6.18 Å². The smallest absolute Gasteiger partial charge is 0.356 e.